The van der Waals surface area contributed by atoms with Crippen LogP contribution in [-0.4, -0.2) is 44.3 Å². The van der Waals surface area contributed by atoms with Crippen molar-refractivity contribution in [2.45, 2.75) is 110 Å². The molecule has 0 unspecified atom stereocenters. The van der Waals surface area contributed by atoms with E-state index in [4.69, 9.17) is 5.73 Å². The smallest absolute Gasteiger partial charge is 0 e. The molecule has 2 heteroatoms. The molecule has 0 atom stereocenters. The van der Waals surface area contributed by atoms with E-state index in [0.29, 0.717) is 0 Å². The van der Waals surface area contributed by atoms with Crippen LogP contribution in [0.1, 0.15) is 110 Å². The van der Waals surface area contributed by atoms with Crippen molar-refractivity contribution in [3.05, 3.63) is 0 Å². The minimum absolute atomic E-state index is 0. The van der Waals surface area contributed by atoms with E-state index in [1.807, 2.05) is 0 Å². The first kappa shape index (κ1) is 23.5. The number of hydrogen-bond donors (Lipinski definition) is 1. The first-order valence-electron chi connectivity index (χ1n) is 9.12. The fraction of sp³-hybridized carbons (Fsp3) is 1.00. The van der Waals surface area contributed by atoms with Crippen molar-refractivity contribution < 1.29 is 0 Å². The summed E-state index contributed by atoms with van der Waals surface area (Å²) in [5.74, 6) is 0. The molecule has 0 saturated heterocycles. The van der Waals surface area contributed by atoms with Crippen LogP contribution >= 0.6 is 0 Å². The van der Waals surface area contributed by atoms with E-state index in [-0.39, 0.29) is 37.7 Å². The average Bonchev–Trinajstić information content (AvgIpc) is 2.43. The maximum Gasteiger partial charge on any atom is 0 e. The second kappa shape index (κ2) is 22.5. The molecule has 0 aliphatic heterocycles. The zero-order chi connectivity index (χ0) is 14.0. The van der Waals surface area contributed by atoms with E-state index in [0.717, 1.165) is 6.54 Å². The van der Waals surface area contributed by atoms with Crippen LogP contribution in [0.25, 0.3) is 0 Å². The van der Waals surface area contributed by atoms with Gasteiger partial charge in [-0.1, -0.05) is 103 Å². The van der Waals surface area contributed by atoms with Gasteiger partial charge in [0.2, 0.25) is 0 Å². The van der Waals surface area contributed by atoms with Crippen molar-refractivity contribution in [1.82, 2.24) is 0 Å². The number of unbranched alkanes of at least 4 members (excludes halogenated alkanes) is 15. The number of hydrogen-bond acceptors (Lipinski definition) is 1. The summed E-state index contributed by atoms with van der Waals surface area (Å²) in [6, 6.07) is 0. The molecule has 2 radical (unpaired) electrons. The van der Waals surface area contributed by atoms with Crippen molar-refractivity contribution in [2.24, 2.45) is 5.73 Å². The fourth-order valence-electron chi connectivity index (χ4n) is 2.69. The number of rotatable bonds is 16. The van der Waals surface area contributed by atoms with Gasteiger partial charge in [-0.2, -0.15) is 0 Å². The van der Waals surface area contributed by atoms with Crippen molar-refractivity contribution in [3.63, 3.8) is 0 Å². The summed E-state index contributed by atoms with van der Waals surface area (Å²) in [5.41, 5.74) is 5.48. The Bertz CT molecular complexity index is 134. The molecule has 0 heterocycles. The van der Waals surface area contributed by atoms with Crippen LogP contribution in [0.4, 0.5) is 0 Å². The van der Waals surface area contributed by atoms with E-state index < -0.39 is 0 Å². The van der Waals surface area contributed by atoms with Crippen molar-refractivity contribution in [3.8, 4) is 0 Å². The molecule has 0 bridgehead atoms. The first-order valence-corrected chi connectivity index (χ1v) is 9.12. The Labute approximate surface area is 158 Å². The Morgan fingerprint density at radius 2 is 0.700 bits per heavy atom. The maximum atomic E-state index is 5.48. The topological polar surface area (TPSA) is 26.0 Å². The molecule has 118 valence electrons. The largest absolute Gasteiger partial charge is 0.330 e. The average molecular weight is 310 g/mol. The molecule has 20 heavy (non-hydrogen) atoms. The molecule has 0 saturated carbocycles. The van der Waals surface area contributed by atoms with E-state index in [9.17, 15) is 0 Å². The Hall–Kier alpha value is 1.22. The van der Waals surface area contributed by atoms with Gasteiger partial charge >= 0.3 is 0 Å². The van der Waals surface area contributed by atoms with Gasteiger partial charge in [0.05, 0.1) is 0 Å². The van der Waals surface area contributed by atoms with E-state index in [2.05, 4.69) is 6.92 Å². The summed E-state index contributed by atoms with van der Waals surface area (Å²) in [5, 5.41) is 0. The first-order chi connectivity index (χ1) is 9.41. The predicted molar refractivity (Wildman–Crippen MR) is 94.4 cm³/mol. The molecule has 0 aliphatic carbocycles. The third-order valence-corrected chi connectivity index (χ3v) is 4.06. The minimum Gasteiger partial charge on any atom is -0.330 e. The molecule has 0 aliphatic rings. The maximum absolute atomic E-state index is 5.48. The van der Waals surface area contributed by atoms with Crippen molar-refractivity contribution in [2.75, 3.05) is 6.54 Å². The second-order valence-corrected chi connectivity index (χ2v) is 6.09. The normalized spacial score (nSPS) is 10.5. The zero-order valence-corrected chi connectivity index (χ0v) is 16.5. The summed E-state index contributed by atoms with van der Waals surface area (Å²) < 4.78 is 0. The van der Waals surface area contributed by atoms with Crippen molar-refractivity contribution >= 4 is 37.7 Å². The summed E-state index contributed by atoms with van der Waals surface area (Å²) >= 11 is 0. The van der Waals surface area contributed by atoms with Gasteiger partial charge in [0.1, 0.15) is 0 Å². The third-order valence-electron chi connectivity index (χ3n) is 4.06. The fourth-order valence-corrected chi connectivity index (χ4v) is 2.69. The van der Waals surface area contributed by atoms with Crippen LogP contribution in [0.15, 0.2) is 0 Å². The summed E-state index contributed by atoms with van der Waals surface area (Å²) in [6.07, 6.45) is 22.9. The SMILES string of the molecule is CCCCCCCCCCCCCCCCCCN.[Ca]. The Morgan fingerprint density at radius 1 is 0.450 bits per heavy atom. The molecular weight excluding hydrogens is 270 g/mol. The summed E-state index contributed by atoms with van der Waals surface area (Å²) in [6.45, 7) is 3.16. The standard InChI is InChI=1S/C18H39N.Ca/c1-2-3-4-5-6-7-8-9-10-11-12-13-14-15-16-17-18-19;/h2-19H2,1H3;. The Morgan fingerprint density at radius 3 is 0.950 bits per heavy atom. The van der Waals surface area contributed by atoms with E-state index >= 15 is 0 Å². The summed E-state index contributed by atoms with van der Waals surface area (Å²) in [7, 11) is 0. The molecule has 1 nitrogen and oxygen atoms in total. The van der Waals surface area contributed by atoms with Gasteiger partial charge in [0.25, 0.3) is 0 Å². The molecule has 2 N–H and O–H groups in total. The van der Waals surface area contributed by atoms with Gasteiger partial charge in [-0.15, -0.1) is 0 Å². The van der Waals surface area contributed by atoms with E-state index in [1.165, 1.54) is 103 Å². The van der Waals surface area contributed by atoms with Crippen LogP contribution in [0.5, 0.6) is 0 Å². The van der Waals surface area contributed by atoms with Gasteiger partial charge in [-0.05, 0) is 13.0 Å². The predicted octanol–water partition coefficient (Wildman–Crippen LogP) is 5.83. The number of nitrogens with two attached hydrogens (primary N) is 1. The Balaban J connectivity index is 0. The molecule has 0 fully saturated rings. The van der Waals surface area contributed by atoms with Crippen LogP contribution < -0.4 is 5.73 Å². The quantitative estimate of drug-likeness (QED) is 0.282. The zero-order valence-electron chi connectivity index (χ0n) is 14.3. The summed E-state index contributed by atoms with van der Waals surface area (Å²) in [4.78, 5) is 0. The Kier molecular flexibility index (Phi) is 26.4. The molecular formula is C18H39CaN. The van der Waals surface area contributed by atoms with Gasteiger partial charge in [-0.25, -0.2) is 0 Å². The van der Waals surface area contributed by atoms with Gasteiger partial charge in [-0.3, -0.25) is 0 Å². The van der Waals surface area contributed by atoms with Crippen LogP contribution in [0.3, 0.4) is 0 Å². The van der Waals surface area contributed by atoms with Crippen LogP contribution in [0.2, 0.25) is 0 Å². The molecule has 0 aromatic carbocycles. The second-order valence-electron chi connectivity index (χ2n) is 6.09. The van der Waals surface area contributed by atoms with Crippen LogP contribution in [0, 0.1) is 0 Å². The third kappa shape index (κ3) is 21.5. The molecule has 0 aromatic heterocycles. The molecule has 0 rings (SSSR count). The minimum atomic E-state index is 0. The van der Waals surface area contributed by atoms with Crippen molar-refractivity contribution in [1.29, 1.82) is 0 Å². The molecule has 0 spiro atoms. The van der Waals surface area contributed by atoms with E-state index in [1.54, 1.807) is 0 Å². The monoisotopic (exact) mass is 309 g/mol. The molecule has 0 aromatic rings. The van der Waals surface area contributed by atoms with Gasteiger partial charge in [0, 0.05) is 37.7 Å². The van der Waals surface area contributed by atoms with Crippen LogP contribution in [-0.2, 0) is 0 Å². The van der Waals surface area contributed by atoms with Gasteiger partial charge < -0.3 is 5.73 Å². The molecule has 0 amide bonds. The van der Waals surface area contributed by atoms with Gasteiger partial charge in [0.15, 0.2) is 0 Å².